The van der Waals surface area contributed by atoms with Crippen LogP contribution in [0.25, 0.3) is 0 Å². The van der Waals surface area contributed by atoms with Crippen LogP contribution in [0, 0.1) is 11.3 Å². The van der Waals surface area contributed by atoms with E-state index in [2.05, 4.69) is 19.2 Å². The third-order valence-corrected chi connectivity index (χ3v) is 3.81. The molecule has 0 bridgehead atoms. The maximum atomic E-state index is 11.6. The number of hydrogen-bond donors (Lipinski definition) is 1. The van der Waals surface area contributed by atoms with Gasteiger partial charge in [0.1, 0.15) is 6.42 Å². The van der Waals surface area contributed by atoms with Crippen LogP contribution in [0.15, 0.2) is 0 Å². The molecular formula is C14H25NO3. The van der Waals surface area contributed by atoms with Crippen molar-refractivity contribution in [2.24, 2.45) is 11.3 Å². The van der Waals surface area contributed by atoms with Crippen LogP contribution in [0.5, 0.6) is 0 Å². The van der Waals surface area contributed by atoms with Gasteiger partial charge in [0.05, 0.1) is 6.61 Å². The molecule has 0 aliphatic heterocycles. The Kier molecular flexibility index (Phi) is 5.63. The van der Waals surface area contributed by atoms with Gasteiger partial charge < -0.3 is 10.1 Å². The zero-order valence-electron chi connectivity index (χ0n) is 11.8. The zero-order valence-corrected chi connectivity index (χ0v) is 11.8. The van der Waals surface area contributed by atoms with Gasteiger partial charge in [-0.05, 0) is 31.1 Å². The van der Waals surface area contributed by atoms with Gasteiger partial charge in [-0.15, -0.1) is 0 Å². The van der Waals surface area contributed by atoms with Crippen LogP contribution in [0.3, 0.4) is 0 Å². The van der Waals surface area contributed by atoms with Crippen molar-refractivity contribution in [2.75, 3.05) is 13.2 Å². The first-order valence-corrected chi connectivity index (χ1v) is 6.88. The molecule has 1 rings (SSSR count). The Morgan fingerprint density at radius 1 is 1.28 bits per heavy atom. The molecule has 4 heteroatoms. The van der Waals surface area contributed by atoms with Gasteiger partial charge in [0.2, 0.25) is 5.91 Å². The highest BCUT2D eigenvalue weighted by atomic mass is 16.5. The largest absolute Gasteiger partial charge is 0.466 e. The summed E-state index contributed by atoms with van der Waals surface area (Å²) in [5.74, 6) is -0.00594. The fourth-order valence-electron chi connectivity index (χ4n) is 2.58. The van der Waals surface area contributed by atoms with E-state index >= 15 is 0 Å². The molecule has 0 atom stereocenters. The summed E-state index contributed by atoms with van der Waals surface area (Å²) >= 11 is 0. The standard InChI is InChI=1S/C14H25NO3/c1-4-18-13(17)9-12(16)15-10-14(2,3)11-7-5-6-8-11/h11H,4-10H2,1-3H3,(H,15,16). The molecule has 0 spiro atoms. The van der Waals surface area contributed by atoms with Gasteiger partial charge in [-0.1, -0.05) is 26.7 Å². The van der Waals surface area contributed by atoms with Gasteiger partial charge in [0.15, 0.2) is 0 Å². The van der Waals surface area contributed by atoms with E-state index in [1.54, 1.807) is 6.92 Å². The quantitative estimate of drug-likeness (QED) is 0.585. The Morgan fingerprint density at radius 2 is 1.89 bits per heavy atom. The van der Waals surface area contributed by atoms with Crippen molar-refractivity contribution in [3.8, 4) is 0 Å². The Labute approximate surface area is 109 Å². The maximum Gasteiger partial charge on any atom is 0.315 e. The Balaban J connectivity index is 2.30. The SMILES string of the molecule is CCOC(=O)CC(=O)NCC(C)(C)C1CCCC1. The molecule has 0 aromatic rings. The molecule has 0 heterocycles. The Morgan fingerprint density at radius 3 is 2.44 bits per heavy atom. The molecule has 18 heavy (non-hydrogen) atoms. The molecule has 1 aliphatic carbocycles. The predicted octanol–water partition coefficient (Wildman–Crippen LogP) is 2.27. The minimum atomic E-state index is -0.450. The minimum absolute atomic E-state index is 0.112. The molecule has 4 nitrogen and oxygen atoms in total. The highest BCUT2D eigenvalue weighted by molar-refractivity contribution is 5.94. The normalized spacial score (nSPS) is 16.6. The summed E-state index contributed by atoms with van der Waals surface area (Å²) in [7, 11) is 0. The summed E-state index contributed by atoms with van der Waals surface area (Å²) in [6.07, 6.45) is 4.92. The fourth-order valence-corrected chi connectivity index (χ4v) is 2.58. The number of carbonyl (C=O) groups excluding carboxylic acids is 2. The Hall–Kier alpha value is -1.06. The predicted molar refractivity (Wildman–Crippen MR) is 70.0 cm³/mol. The first-order valence-electron chi connectivity index (χ1n) is 6.88. The number of esters is 1. The van der Waals surface area contributed by atoms with Gasteiger partial charge in [-0.3, -0.25) is 9.59 Å². The molecule has 0 aromatic carbocycles. The maximum absolute atomic E-state index is 11.6. The van der Waals surface area contributed by atoms with Gasteiger partial charge >= 0.3 is 5.97 Å². The zero-order chi connectivity index (χ0) is 13.6. The van der Waals surface area contributed by atoms with E-state index in [9.17, 15) is 9.59 Å². The lowest BCUT2D eigenvalue weighted by atomic mass is 9.77. The second-order valence-electron chi connectivity index (χ2n) is 5.73. The van der Waals surface area contributed by atoms with E-state index in [1.807, 2.05) is 0 Å². The van der Waals surface area contributed by atoms with Gasteiger partial charge in [0, 0.05) is 6.54 Å². The van der Waals surface area contributed by atoms with Gasteiger partial charge in [-0.2, -0.15) is 0 Å². The van der Waals surface area contributed by atoms with E-state index in [-0.39, 0.29) is 17.7 Å². The van der Waals surface area contributed by atoms with Crippen LogP contribution in [0.4, 0.5) is 0 Å². The molecule has 0 saturated heterocycles. The smallest absolute Gasteiger partial charge is 0.315 e. The lowest BCUT2D eigenvalue weighted by Gasteiger charge is -2.31. The van der Waals surface area contributed by atoms with Gasteiger partial charge in [-0.25, -0.2) is 0 Å². The van der Waals surface area contributed by atoms with Crippen LogP contribution in [-0.4, -0.2) is 25.0 Å². The average Bonchev–Trinajstić information content (AvgIpc) is 2.81. The summed E-state index contributed by atoms with van der Waals surface area (Å²) in [6, 6.07) is 0. The summed E-state index contributed by atoms with van der Waals surface area (Å²) in [4.78, 5) is 22.7. The van der Waals surface area contributed by atoms with Crippen LogP contribution < -0.4 is 5.32 Å². The van der Waals surface area contributed by atoms with E-state index in [4.69, 9.17) is 4.74 Å². The highest BCUT2D eigenvalue weighted by Gasteiger charge is 2.32. The van der Waals surface area contributed by atoms with E-state index in [1.165, 1.54) is 25.7 Å². The van der Waals surface area contributed by atoms with Crippen molar-refractivity contribution in [1.82, 2.24) is 5.32 Å². The lowest BCUT2D eigenvalue weighted by molar-refractivity contribution is -0.146. The molecule has 1 aliphatic rings. The van der Waals surface area contributed by atoms with Crippen molar-refractivity contribution in [2.45, 2.75) is 52.9 Å². The third kappa shape index (κ3) is 4.67. The number of amides is 1. The molecule has 104 valence electrons. The van der Waals surface area contributed by atoms with Crippen LogP contribution >= 0.6 is 0 Å². The molecule has 0 unspecified atom stereocenters. The second-order valence-corrected chi connectivity index (χ2v) is 5.73. The summed E-state index contributed by atoms with van der Waals surface area (Å²) in [5, 5.41) is 2.85. The summed E-state index contributed by atoms with van der Waals surface area (Å²) in [5.41, 5.74) is 0.112. The first kappa shape index (κ1) is 15.0. The molecular weight excluding hydrogens is 230 g/mol. The molecule has 0 aromatic heterocycles. The van der Waals surface area contributed by atoms with Crippen molar-refractivity contribution in [1.29, 1.82) is 0 Å². The first-order chi connectivity index (χ1) is 8.45. The monoisotopic (exact) mass is 255 g/mol. The molecule has 0 radical (unpaired) electrons. The number of hydrogen-bond acceptors (Lipinski definition) is 3. The molecule has 1 N–H and O–H groups in total. The highest BCUT2D eigenvalue weighted by Crippen LogP contribution is 2.38. The van der Waals surface area contributed by atoms with Crippen molar-refractivity contribution < 1.29 is 14.3 Å². The lowest BCUT2D eigenvalue weighted by Crippen LogP contribution is -2.38. The fraction of sp³-hybridized carbons (Fsp3) is 0.857. The van der Waals surface area contributed by atoms with Crippen molar-refractivity contribution in [3.63, 3.8) is 0 Å². The molecule has 1 amide bonds. The van der Waals surface area contributed by atoms with Gasteiger partial charge in [0.25, 0.3) is 0 Å². The summed E-state index contributed by atoms with van der Waals surface area (Å²) in [6.45, 7) is 7.07. The average molecular weight is 255 g/mol. The number of rotatable bonds is 6. The number of carbonyl (C=O) groups is 2. The molecule has 1 fully saturated rings. The van der Waals surface area contributed by atoms with Crippen molar-refractivity contribution in [3.05, 3.63) is 0 Å². The topological polar surface area (TPSA) is 55.4 Å². The summed E-state index contributed by atoms with van der Waals surface area (Å²) < 4.78 is 4.74. The van der Waals surface area contributed by atoms with Crippen molar-refractivity contribution >= 4 is 11.9 Å². The second kappa shape index (κ2) is 6.76. The number of nitrogens with one attached hydrogen (secondary N) is 1. The Bertz CT molecular complexity index is 293. The van der Waals surface area contributed by atoms with E-state index in [0.717, 1.165) is 0 Å². The van der Waals surface area contributed by atoms with Crippen LogP contribution in [-0.2, 0) is 14.3 Å². The van der Waals surface area contributed by atoms with Crippen LogP contribution in [0.2, 0.25) is 0 Å². The third-order valence-electron chi connectivity index (χ3n) is 3.81. The van der Waals surface area contributed by atoms with E-state index < -0.39 is 5.97 Å². The number of ether oxygens (including phenoxy) is 1. The van der Waals surface area contributed by atoms with Crippen LogP contribution in [0.1, 0.15) is 52.9 Å². The molecule has 1 saturated carbocycles. The van der Waals surface area contributed by atoms with E-state index in [0.29, 0.717) is 19.1 Å². The minimum Gasteiger partial charge on any atom is -0.466 e.